The van der Waals surface area contributed by atoms with Gasteiger partial charge in [0, 0.05) is 18.8 Å². The fourth-order valence-electron chi connectivity index (χ4n) is 2.00. The monoisotopic (exact) mass is 324 g/mol. The predicted octanol–water partition coefficient (Wildman–Crippen LogP) is -0.620. The molecule has 0 saturated carbocycles. The fourth-order valence-corrected chi connectivity index (χ4v) is 2.00. The maximum absolute atomic E-state index is 12.1. The Morgan fingerprint density at radius 3 is 2.87 bits per heavy atom. The Hall–Kier alpha value is -2.55. The zero-order valence-corrected chi connectivity index (χ0v) is 13.4. The van der Waals surface area contributed by atoms with Crippen LogP contribution in [-0.2, 0) is 16.2 Å². The highest BCUT2D eigenvalue weighted by molar-refractivity contribution is 5.76. The zero-order chi connectivity index (χ0) is 17.2. The molecule has 0 aliphatic carbocycles. The SMILES string of the molecule is CONc1cccn(CC(=O)NC(C)CCCN=C(N)N)c1=O. The fraction of sp³-hybridized carbons (Fsp3) is 0.500. The van der Waals surface area contributed by atoms with Crippen molar-refractivity contribution >= 4 is 17.6 Å². The number of guanidine groups is 1. The van der Waals surface area contributed by atoms with E-state index in [1.165, 1.54) is 11.7 Å². The number of pyridine rings is 1. The van der Waals surface area contributed by atoms with Crippen LogP contribution in [0.3, 0.4) is 0 Å². The number of amides is 1. The van der Waals surface area contributed by atoms with Gasteiger partial charge >= 0.3 is 0 Å². The summed E-state index contributed by atoms with van der Waals surface area (Å²) in [5, 5.41) is 2.83. The first-order valence-corrected chi connectivity index (χ1v) is 7.27. The Labute approximate surface area is 134 Å². The molecule has 0 spiro atoms. The molecule has 0 radical (unpaired) electrons. The number of carbonyl (C=O) groups is 1. The largest absolute Gasteiger partial charge is 0.370 e. The Morgan fingerprint density at radius 1 is 1.48 bits per heavy atom. The van der Waals surface area contributed by atoms with Crippen molar-refractivity contribution in [1.29, 1.82) is 0 Å². The van der Waals surface area contributed by atoms with Gasteiger partial charge in [0.05, 0.1) is 7.11 Å². The Balaban J connectivity index is 2.49. The average molecular weight is 324 g/mol. The number of anilines is 1. The Morgan fingerprint density at radius 2 is 2.22 bits per heavy atom. The summed E-state index contributed by atoms with van der Waals surface area (Å²) in [6.45, 7) is 2.35. The quantitative estimate of drug-likeness (QED) is 0.207. The van der Waals surface area contributed by atoms with Crippen LogP contribution >= 0.6 is 0 Å². The van der Waals surface area contributed by atoms with Gasteiger partial charge in [-0.25, -0.2) is 0 Å². The number of aliphatic imine (C=N–C) groups is 1. The minimum atomic E-state index is -0.329. The van der Waals surface area contributed by atoms with Crippen LogP contribution in [0, 0.1) is 0 Å². The lowest BCUT2D eigenvalue weighted by atomic mass is 10.2. The van der Waals surface area contributed by atoms with Crippen molar-refractivity contribution in [2.45, 2.75) is 32.4 Å². The molecule has 9 heteroatoms. The maximum Gasteiger partial charge on any atom is 0.276 e. The third-order valence-corrected chi connectivity index (χ3v) is 3.04. The first-order chi connectivity index (χ1) is 10.9. The number of carbonyl (C=O) groups excluding carboxylic acids is 1. The van der Waals surface area contributed by atoms with E-state index in [-0.39, 0.29) is 35.7 Å². The van der Waals surface area contributed by atoms with Gasteiger partial charge in [-0.15, -0.1) is 0 Å². The minimum Gasteiger partial charge on any atom is -0.370 e. The minimum absolute atomic E-state index is 0.0346. The summed E-state index contributed by atoms with van der Waals surface area (Å²) in [7, 11) is 1.41. The first kappa shape index (κ1) is 18.5. The highest BCUT2D eigenvalue weighted by atomic mass is 16.6. The van der Waals surface area contributed by atoms with Gasteiger partial charge < -0.3 is 21.4 Å². The molecule has 1 aromatic heterocycles. The van der Waals surface area contributed by atoms with Gasteiger partial charge in [-0.05, 0) is 31.9 Å². The number of nitrogens with two attached hydrogens (primary N) is 2. The molecule has 1 amide bonds. The molecule has 0 aliphatic rings. The highest BCUT2D eigenvalue weighted by Gasteiger charge is 2.10. The molecule has 23 heavy (non-hydrogen) atoms. The van der Waals surface area contributed by atoms with Crippen molar-refractivity contribution in [3.8, 4) is 0 Å². The van der Waals surface area contributed by atoms with Crippen molar-refractivity contribution in [2.75, 3.05) is 19.1 Å². The Kier molecular flexibility index (Phi) is 7.61. The Bertz CT molecular complexity index is 594. The molecule has 0 aromatic carbocycles. The molecular weight excluding hydrogens is 300 g/mol. The predicted molar refractivity (Wildman–Crippen MR) is 88.8 cm³/mol. The summed E-state index contributed by atoms with van der Waals surface area (Å²) in [6.07, 6.45) is 3.04. The van der Waals surface area contributed by atoms with Crippen molar-refractivity contribution in [3.63, 3.8) is 0 Å². The molecule has 9 nitrogen and oxygen atoms in total. The lowest BCUT2D eigenvalue weighted by molar-refractivity contribution is -0.122. The third kappa shape index (κ3) is 6.83. The van der Waals surface area contributed by atoms with Crippen molar-refractivity contribution in [1.82, 2.24) is 9.88 Å². The molecule has 0 aliphatic heterocycles. The highest BCUT2D eigenvalue weighted by Crippen LogP contribution is 1.99. The normalized spacial score (nSPS) is 11.6. The third-order valence-electron chi connectivity index (χ3n) is 3.04. The van der Waals surface area contributed by atoms with E-state index in [1.807, 2.05) is 6.92 Å². The summed E-state index contributed by atoms with van der Waals surface area (Å²) in [4.78, 5) is 32.6. The van der Waals surface area contributed by atoms with Crippen LogP contribution in [0.15, 0.2) is 28.1 Å². The van der Waals surface area contributed by atoms with E-state index >= 15 is 0 Å². The molecule has 0 saturated heterocycles. The summed E-state index contributed by atoms with van der Waals surface area (Å²) >= 11 is 0. The molecule has 1 unspecified atom stereocenters. The van der Waals surface area contributed by atoms with Crippen LogP contribution < -0.4 is 27.8 Å². The van der Waals surface area contributed by atoms with E-state index in [4.69, 9.17) is 16.3 Å². The van der Waals surface area contributed by atoms with Gasteiger partial charge in [-0.1, -0.05) is 0 Å². The molecule has 1 atom stereocenters. The van der Waals surface area contributed by atoms with E-state index in [0.717, 1.165) is 12.8 Å². The lowest BCUT2D eigenvalue weighted by Crippen LogP contribution is -2.37. The number of aromatic nitrogens is 1. The number of hydrogen-bond acceptors (Lipinski definition) is 5. The van der Waals surface area contributed by atoms with Crippen LogP contribution in [-0.4, -0.2) is 36.1 Å². The molecule has 1 rings (SSSR count). The molecule has 6 N–H and O–H groups in total. The van der Waals surface area contributed by atoms with Gasteiger partial charge in [-0.2, -0.15) is 0 Å². The van der Waals surface area contributed by atoms with Crippen LogP contribution in [0.4, 0.5) is 5.69 Å². The van der Waals surface area contributed by atoms with Gasteiger partial charge in [0.2, 0.25) is 5.91 Å². The van der Waals surface area contributed by atoms with E-state index < -0.39 is 0 Å². The van der Waals surface area contributed by atoms with Gasteiger partial charge in [0.15, 0.2) is 5.96 Å². The number of nitrogens with one attached hydrogen (secondary N) is 2. The summed E-state index contributed by atoms with van der Waals surface area (Å²) < 4.78 is 1.31. The van der Waals surface area contributed by atoms with E-state index in [0.29, 0.717) is 6.54 Å². The van der Waals surface area contributed by atoms with Crippen molar-refractivity contribution in [3.05, 3.63) is 28.7 Å². The summed E-state index contributed by atoms with van der Waals surface area (Å²) in [6, 6.07) is 3.20. The smallest absolute Gasteiger partial charge is 0.276 e. The number of hydrogen-bond donors (Lipinski definition) is 4. The molecular formula is C14H24N6O3. The van der Waals surface area contributed by atoms with Crippen LogP contribution in [0.2, 0.25) is 0 Å². The van der Waals surface area contributed by atoms with E-state index in [1.54, 1.807) is 18.3 Å². The van der Waals surface area contributed by atoms with Crippen molar-refractivity contribution in [2.24, 2.45) is 16.5 Å². The maximum atomic E-state index is 12.1. The van der Waals surface area contributed by atoms with E-state index in [9.17, 15) is 9.59 Å². The average Bonchev–Trinajstić information content (AvgIpc) is 2.48. The standard InChI is InChI=1S/C14H24N6O3/c1-10(5-3-7-17-14(15)16)18-12(21)9-20-8-4-6-11(13(20)22)19-23-2/h4,6,8,10,19H,3,5,7,9H2,1-2H3,(H,18,21)(H4,15,16,17). The second-order valence-corrected chi connectivity index (χ2v) is 5.08. The second-order valence-electron chi connectivity index (χ2n) is 5.08. The topological polar surface area (TPSA) is 137 Å². The van der Waals surface area contributed by atoms with Crippen LogP contribution in [0.1, 0.15) is 19.8 Å². The molecule has 1 heterocycles. The first-order valence-electron chi connectivity index (χ1n) is 7.27. The van der Waals surface area contributed by atoms with Crippen LogP contribution in [0.25, 0.3) is 0 Å². The summed E-state index contributed by atoms with van der Waals surface area (Å²) in [5.74, 6) is -0.179. The van der Waals surface area contributed by atoms with E-state index in [2.05, 4.69) is 15.8 Å². The lowest BCUT2D eigenvalue weighted by Gasteiger charge is -2.14. The number of rotatable bonds is 9. The summed E-state index contributed by atoms with van der Waals surface area (Å²) in [5.41, 5.74) is 12.9. The molecule has 0 fully saturated rings. The van der Waals surface area contributed by atoms with Crippen molar-refractivity contribution < 1.29 is 9.63 Å². The van der Waals surface area contributed by atoms with Crippen LogP contribution in [0.5, 0.6) is 0 Å². The molecule has 0 bridgehead atoms. The van der Waals surface area contributed by atoms with Gasteiger partial charge in [0.25, 0.3) is 5.56 Å². The number of nitrogens with zero attached hydrogens (tertiary/aromatic N) is 2. The zero-order valence-electron chi connectivity index (χ0n) is 13.4. The molecule has 1 aromatic rings. The molecule has 128 valence electrons. The van der Waals surface area contributed by atoms with Gasteiger partial charge in [-0.3, -0.25) is 24.9 Å². The second kappa shape index (κ2) is 9.46. The van der Waals surface area contributed by atoms with Gasteiger partial charge in [0.1, 0.15) is 12.2 Å².